The lowest BCUT2D eigenvalue weighted by Crippen LogP contribution is -2.05. The Labute approximate surface area is 102 Å². The molecule has 4 nitrogen and oxygen atoms in total. The van der Waals surface area contributed by atoms with Crippen LogP contribution >= 0.6 is 0 Å². The highest BCUT2D eigenvalue weighted by atomic mass is 16.5. The van der Waals surface area contributed by atoms with Gasteiger partial charge in [0.2, 0.25) is 5.76 Å². The summed E-state index contributed by atoms with van der Waals surface area (Å²) in [6.07, 6.45) is 2.51. The molecule has 4 heteroatoms. The minimum Gasteiger partial charge on any atom is -0.460 e. The molecular weight excluding hydrogens is 218 g/mol. The van der Waals surface area contributed by atoms with Gasteiger partial charge in [-0.15, -0.1) is 0 Å². The number of oxazole rings is 1. The van der Waals surface area contributed by atoms with Crippen molar-refractivity contribution in [3.05, 3.63) is 17.3 Å². The molecule has 0 bridgehead atoms. The number of hydrogen-bond donors (Lipinski definition) is 0. The van der Waals surface area contributed by atoms with Gasteiger partial charge in [-0.2, -0.15) is 0 Å². The summed E-state index contributed by atoms with van der Waals surface area (Å²) in [7, 11) is 0. The second-order valence-electron chi connectivity index (χ2n) is 4.17. The van der Waals surface area contributed by atoms with Crippen LogP contribution in [0.1, 0.15) is 56.3 Å². The molecule has 0 amide bonds. The second-order valence-corrected chi connectivity index (χ2v) is 4.17. The molecule has 1 atom stereocenters. The van der Waals surface area contributed by atoms with Gasteiger partial charge in [0.25, 0.3) is 0 Å². The fourth-order valence-electron chi connectivity index (χ4n) is 1.53. The van der Waals surface area contributed by atoms with Crippen LogP contribution in [0.4, 0.5) is 0 Å². The summed E-state index contributed by atoms with van der Waals surface area (Å²) in [5.74, 6) is 1.01. The van der Waals surface area contributed by atoms with Gasteiger partial charge in [-0.05, 0) is 19.3 Å². The monoisotopic (exact) mass is 239 g/mol. The Morgan fingerprint density at radius 1 is 1.41 bits per heavy atom. The summed E-state index contributed by atoms with van der Waals surface area (Å²) in [6.45, 7) is 8.34. The molecule has 1 aromatic rings. The van der Waals surface area contributed by atoms with Gasteiger partial charge in [0.15, 0.2) is 5.89 Å². The average Bonchev–Trinajstić information content (AvgIpc) is 2.72. The van der Waals surface area contributed by atoms with E-state index in [9.17, 15) is 4.79 Å². The van der Waals surface area contributed by atoms with E-state index in [1.807, 2.05) is 6.92 Å². The molecule has 0 aliphatic carbocycles. The van der Waals surface area contributed by atoms with Crippen molar-refractivity contribution in [2.24, 2.45) is 5.92 Å². The molecule has 1 heterocycles. The summed E-state index contributed by atoms with van der Waals surface area (Å²) in [6, 6.07) is 0. The van der Waals surface area contributed by atoms with E-state index in [1.165, 1.54) is 0 Å². The highest BCUT2D eigenvalue weighted by molar-refractivity contribution is 5.87. The average molecular weight is 239 g/mol. The first-order valence-electron chi connectivity index (χ1n) is 6.27. The highest BCUT2D eigenvalue weighted by Gasteiger charge is 2.20. The Kier molecular flexibility index (Phi) is 5.19. The lowest BCUT2D eigenvalue weighted by Gasteiger charge is -2.03. The molecule has 0 saturated heterocycles. The fourth-order valence-corrected chi connectivity index (χ4v) is 1.53. The van der Waals surface area contributed by atoms with E-state index in [4.69, 9.17) is 9.15 Å². The maximum atomic E-state index is 11.6. The minimum absolute atomic E-state index is 0.271. The molecule has 0 spiro atoms. The molecule has 1 rings (SSSR count). The van der Waals surface area contributed by atoms with E-state index in [1.54, 1.807) is 6.92 Å². The summed E-state index contributed by atoms with van der Waals surface area (Å²) < 4.78 is 10.4. The van der Waals surface area contributed by atoms with Crippen molar-refractivity contribution >= 4 is 5.97 Å². The SMILES string of the molecule is CCOC(=O)c1oc(CC(C)CC)nc1CC. The molecule has 1 unspecified atom stereocenters. The maximum Gasteiger partial charge on any atom is 0.376 e. The van der Waals surface area contributed by atoms with Gasteiger partial charge in [-0.3, -0.25) is 0 Å². The molecule has 0 aliphatic heterocycles. The number of aryl methyl sites for hydroxylation is 1. The van der Waals surface area contributed by atoms with E-state index < -0.39 is 5.97 Å². The Bertz CT molecular complexity index is 371. The molecule has 1 aromatic heterocycles. The van der Waals surface area contributed by atoms with Crippen LogP contribution in [0.3, 0.4) is 0 Å². The van der Waals surface area contributed by atoms with Crippen molar-refractivity contribution in [3.8, 4) is 0 Å². The smallest absolute Gasteiger partial charge is 0.376 e. The third-order valence-corrected chi connectivity index (χ3v) is 2.76. The van der Waals surface area contributed by atoms with Gasteiger partial charge in [-0.1, -0.05) is 27.2 Å². The van der Waals surface area contributed by atoms with Crippen LogP contribution in [0, 0.1) is 5.92 Å². The normalized spacial score (nSPS) is 12.5. The van der Waals surface area contributed by atoms with Crippen molar-refractivity contribution in [3.63, 3.8) is 0 Å². The summed E-state index contributed by atoms with van der Waals surface area (Å²) in [5.41, 5.74) is 0.696. The molecule has 0 fully saturated rings. The van der Waals surface area contributed by atoms with Crippen LogP contribution in [0.25, 0.3) is 0 Å². The molecule has 96 valence electrons. The standard InChI is InChI=1S/C13H21NO3/c1-5-9(4)8-11-14-10(6-2)12(17-11)13(15)16-7-3/h9H,5-8H2,1-4H3. The third kappa shape index (κ3) is 3.58. The molecular formula is C13H21NO3. The number of rotatable bonds is 6. The fraction of sp³-hybridized carbons (Fsp3) is 0.692. The predicted molar refractivity (Wildman–Crippen MR) is 65.0 cm³/mol. The van der Waals surface area contributed by atoms with Gasteiger partial charge in [0.1, 0.15) is 0 Å². The molecule has 0 N–H and O–H groups in total. The first-order valence-corrected chi connectivity index (χ1v) is 6.27. The molecule has 0 saturated carbocycles. The zero-order valence-corrected chi connectivity index (χ0v) is 11.1. The van der Waals surface area contributed by atoms with Crippen molar-refractivity contribution in [1.29, 1.82) is 0 Å². The summed E-state index contributed by atoms with van der Waals surface area (Å²) in [4.78, 5) is 16.0. The van der Waals surface area contributed by atoms with Gasteiger partial charge in [-0.25, -0.2) is 9.78 Å². The topological polar surface area (TPSA) is 52.3 Å². The van der Waals surface area contributed by atoms with Gasteiger partial charge >= 0.3 is 5.97 Å². The third-order valence-electron chi connectivity index (χ3n) is 2.76. The van der Waals surface area contributed by atoms with Crippen LogP contribution in [-0.4, -0.2) is 17.6 Å². The van der Waals surface area contributed by atoms with Gasteiger partial charge < -0.3 is 9.15 Å². The number of nitrogens with zero attached hydrogens (tertiary/aromatic N) is 1. The summed E-state index contributed by atoms with van der Waals surface area (Å²) >= 11 is 0. The zero-order chi connectivity index (χ0) is 12.8. The van der Waals surface area contributed by atoms with Crippen LogP contribution < -0.4 is 0 Å². The van der Waals surface area contributed by atoms with E-state index in [-0.39, 0.29) is 5.76 Å². The van der Waals surface area contributed by atoms with E-state index in [2.05, 4.69) is 18.8 Å². The van der Waals surface area contributed by atoms with Crippen LogP contribution in [0.5, 0.6) is 0 Å². The van der Waals surface area contributed by atoms with E-state index in [0.717, 1.165) is 12.8 Å². The summed E-state index contributed by atoms with van der Waals surface area (Å²) in [5, 5.41) is 0. The Morgan fingerprint density at radius 2 is 2.12 bits per heavy atom. The number of esters is 1. The zero-order valence-electron chi connectivity index (χ0n) is 11.1. The van der Waals surface area contributed by atoms with Crippen LogP contribution in [0.15, 0.2) is 4.42 Å². The highest BCUT2D eigenvalue weighted by Crippen LogP contribution is 2.17. The predicted octanol–water partition coefficient (Wildman–Crippen LogP) is 3.00. The number of hydrogen-bond acceptors (Lipinski definition) is 4. The van der Waals surface area contributed by atoms with Crippen molar-refractivity contribution in [1.82, 2.24) is 4.98 Å². The molecule has 0 aliphatic rings. The van der Waals surface area contributed by atoms with Crippen molar-refractivity contribution in [2.75, 3.05) is 6.61 Å². The Hall–Kier alpha value is -1.32. The quantitative estimate of drug-likeness (QED) is 0.716. The van der Waals surface area contributed by atoms with E-state index in [0.29, 0.717) is 30.5 Å². The lowest BCUT2D eigenvalue weighted by molar-refractivity contribution is 0.0486. The Balaban J connectivity index is 2.86. The molecule has 0 aromatic carbocycles. The van der Waals surface area contributed by atoms with Crippen molar-refractivity contribution in [2.45, 2.75) is 47.0 Å². The molecule has 0 radical (unpaired) electrons. The van der Waals surface area contributed by atoms with E-state index >= 15 is 0 Å². The maximum absolute atomic E-state index is 11.6. The van der Waals surface area contributed by atoms with Crippen LogP contribution in [-0.2, 0) is 17.6 Å². The lowest BCUT2D eigenvalue weighted by atomic mass is 10.1. The largest absolute Gasteiger partial charge is 0.460 e. The number of carbonyl (C=O) groups is 1. The minimum atomic E-state index is -0.410. The van der Waals surface area contributed by atoms with Gasteiger partial charge in [0.05, 0.1) is 12.3 Å². The van der Waals surface area contributed by atoms with Crippen LogP contribution in [0.2, 0.25) is 0 Å². The number of carbonyl (C=O) groups excluding carboxylic acids is 1. The van der Waals surface area contributed by atoms with Gasteiger partial charge in [0, 0.05) is 6.42 Å². The first kappa shape index (κ1) is 13.7. The Morgan fingerprint density at radius 3 is 2.65 bits per heavy atom. The number of ether oxygens (including phenoxy) is 1. The van der Waals surface area contributed by atoms with Crippen molar-refractivity contribution < 1.29 is 13.9 Å². The molecule has 17 heavy (non-hydrogen) atoms. The first-order chi connectivity index (χ1) is 8.12. The number of aromatic nitrogens is 1. The second kappa shape index (κ2) is 6.42.